The van der Waals surface area contributed by atoms with Gasteiger partial charge in [0.25, 0.3) is 0 Å². The molecule has 0 radical (unpaired) electrons. The van der Waals surface area contributed by atoms with Gasteiger partial charge in [0.1, 0.15) is 0 Å². The van der Waals surface area contributed by atoms with Gasteiger partial charge in [-0.05, 0) is 30.9 Å². The van der Waals surface area contributed by atoms with E-state index in [1.807, 2.05) is 31.2 Å². The van der Waals surface area contributed by atoms with Crippen LogP contribution >= 0.6 is 0 Å². The van der Waals surface area contributed by atoms with Crippen LogP contribution in [0, 0.1) is 18.9 Å². The summed E-state index contributed by atoms with van der Waals surface area (Å²) in [5, 5.41) is 0. The number of carbonyl (C=O) groups is 1. The third-order valence-electron chi connectivity index (χ3n) is 2.54. The molecule has 2 rings (SSSR count). The molecule has 2 nitrogen and oxygen atoms in total. The van der Waals surface area contributed by atoms with Crippen molar-refractivity contribution in [2.24, 2.45) is 0 Å². The predicted octanol–water partition coefficient (Wildman–Crippen LogP) is 1.93. The summed E-state index contributed by atoms with van der Waals surface area (Å²) in [4.78, 5) is 12.9. The molecule has 1 aromatic carbocycles. The highest BCUT2D eigenvalue weighted by Crippen LogP contribution is 2.09. The Morgan fingerprint density at radius 1 is 1.33 bits per heavy atom. The summed E-state index contributed by atoms with van der Waals surface area (Å²) in [7, 11) is 0. The van der Waals surface area contributed by atoms with Crippen molar-refractivity contribution >= 4 is 5.91 Å². The number of likely N-dealkylation sites (tertiary alicyclic amines) is 1. The van der Waals surface area contributed by atoms with Crippen molar-refractivity contribution < 1.29 is 4.79 Å². The standard InChI is InChI=1S/C13H13NO/c1-11-5-2-3-6-12(11)8-10-14-9-4-7-13(14)15/h2-3,5-6H,4,7,9H2,1H3. The van der Waals surface area contributed by atoms with Gasteiger partial charge in [0.05, 0.1) is 0 Å². The van der Waals surface area contributed by atoms with Crippen LogP contribution in [-0.2, 0) is 4.79 Å². The van der Waals surface area contributed by atoms with E-state index in [1.54, 1.807) is 4.90 Å². The van der Waals surface area contributed by atoms with Gasteiger partial charge in [-0.1, -0.05) is 18.2 Å². The van der Waals surface area contributed by atoms with E-state index in [4.69, 9.17) is 0 Å². The van der Waals surface area contributed by atoms with E-state index in [1.165, 1.54) is 0 Å². The van der Waals surface area contributed by atoms with E-state index in [9.17, 15) is 4.79 Å². The van der Waals surface area contributed by atoms with Gasteiger partial charge in [-0.15, -0.1) is 0 Å². The second kappa shape index (κ2) is 4.18. The van der Waals surface area contributed by atoms with E-state index >= 15 is 0 Å². The molecule has 0 unspecified atom stereocenters. The first-order chi connectivity index (χ1) is 7.27. The smallest absolute Gasteiger partial charge is 0.234 e. The molecule has 2 heteroatoms. The second-order valence-electron chi connectivity index (χ2n) is 3.70. The van der Waals surface area contributed by atoms with Crippen LogP contribution in [0.25, 0.3) is 0 Å². The Balaban J connectivity index is 2.18. The maximum absolute atomic E-state index is 11.3. The number of aryl methyl sites for hydroxylation is 1. The summed E-state index contributed by atoms with van der Waals surface area (Å²) in [6, 6.07) is 10.9. The fraction of sp³-hybridized carbons (Fsp3) is 0.308. The normalized spacial score (nSPS) is 15.0. The topological polar surface area (TPSA) is 20.3 Å². The van der Waals surface area contributed by atoms with Crippen LogP contribution in [0.2, 0.25) is 0 Å². The monoisotopic (exact) mass is 199 g/mol. The molecule has 1 aliphatic heterocycles. The number of amides is 1. The minimum Gasteiger partial charge on any atom is -0.274 e. The fourth-order valence-corrected chi connectivity index (χ4v) is 1.61. The van der Waals surface area contributed by atoms with Gasteiger partial charge in [0.2, 0.25) is 5.91 Å². The van der Waals surface area contributed by atoms with Gasteiger partial charge in [0.15, 0.2) is 0 Å². The molecule has 1 heterocycles. The molecule has 0 aliphatic carbocycles. The van der Waals surface area contributed by atoms with E-state index in [-0.39, 0.29) is 5.91 Å². The Hall–Kier alpha value is -1.75. The Kier molecular flexibility index (Phi) is 2.73. The number of nitrogens with zero attached hydrogens (tertiary/aromatic N) is 1. The number of benzene rings is 1. The Morgan fingerprint density at radius 2 is 2.13 bits per heavy atom. The lowest BCUT2D eigenvalue weighted by atomic mass is 10.1. The van der Waals surface area contributed by atoms with Gasteiger partial charge in [0, 0.05) is 24.6 Å². The molecule has 1 aliphatic rings. The highest BCUT2D eigenvalue weighted by Gasteiger charge is 2.17. The third kappa shape index (κ3) is 2.19. The third-order valence-corrected chi connectivity index (χ3v) is 2.54. The Labute approximate surface area is 89.9 Å². The minimum absolute atomic E-state index is 0.149. The first-order valence-electron chi connectivity index (χ1n) is 5.15. The largest absolute Gasteiger partial charge is 0.274 e. The molecule has 1 saturated heterocycles. The molecule has 15 heavy (non-hydrogen) atoms. The van der Waals surface area contributed by atoms with Gasteiger partial charge in [-0.3, -0.25) is 9.69 Å². The van der Waals surface area contributed by atoms with Crippen molar-refractivity contribution in [2.75, 3.05) is 6.54 Å². The number of carbonyl (C=O) groups excluding carboxylic acids is 1. The summed E-state index contributed by atoms with van der Waals surface area (Å²) < 4.78 is 0. The van der Waals surface area contributed by atoms with Crippen LogP contribution in [0.15, 0.2) is 24.3 Å². The molecule has 1 aromatic rings. The molecule has 0 bridgehead atoms. The van der Waals surface area contributed by atoms with Gasteiger partial charge in [-0.2, -0.15) is 0 Å². The zero-order valence-corrected chi connectivity index (χ0v) is 8.79. The first kappa shape index (κ1) is 9.79. The zero-order valence-electron chi connectivity index (χ0n) is 8.79. The van der Waals surface area contributed by atoms with E-state index in [2.05, 4.69) is 12.0 Å². The average molecular weight is 199 g/mol. The lowest BCUT2D eigenvalue weighted by molar-refractivity contribution is -0.124. The number of rotatable bonds is 0. The van der Waals surface area contributed by atoms with Crippen molar-refractivity contribution in [3.05, 3.63) is 35.4 Å². The van der Waals surface area contributed by atoms with Crippen LogP contribution in [0.1, 0.15) is 24.0 Å². The van der Waals surface area contributed by atoms with Crippen molar-refractivity contribution in [2.45, 2.75) is 19.8 Å². The average Bonchev–Trinajstić information content (AvgIpc) is 2.63. The van der Waals surface area contributed by atoms with Crippen LogP contribution < -0.4 is 0 Å². The summed E-state index contributed by atoms with van der Waals surface area (Å²) in [6.45, 7) is 2.80. The number of hydrogen-bond donors (Lipinski definition) is 0. The molecular formula is C13H13NO. The Morgan fingerprint density at radius 3 is 2.80 bits per heavy atom. The van der Waals surface area contributed by atoms with Crippen LogP contribution in [0.4, 0.5) is 0 Å². The predicted molar refractivity (Wildman–Crippen MR) is 59.0 cm³/mol. The fourth-order valence-electron chi connectivity index (χ4n) is 1.61. The minimum atomic E-state index is 0.149. The summed E-state index contributed by atoms with van der Waals surface area (Å²) in [5.74, 6) is 3.19. The maximum atomic E-state index is 11.3. The summed E-state index contributed by atoms with van der Waals surface area (Å²) >= 11 is 0. The van der Waals surface area contributed by atoms with Crippen LogP contribution in [-0.4, -0.2) is 17.4 Å². The van der Waals surface area contributed by atoms with E-state index in [0.717, 1.165) is 24.1 Å². The summed E-state index contributed by atoms with van der Waals surface area (Å²) in [6.07, 6.45) is 1.57. The molecule has 0 spiro atoms. The lowest BCUT2D eigenvalue weighted by Crippen LogP contribution is -2.17. The van der Waals surface area contributed by atoms with E-state index in [0.29, 0.717) is 6.42 Å². The molecule has 0 saturated carbocycles. The maximum Gasteiger partial charge on any atom is 0.234 e. The van der Waals surface area contributed by atoms with Gasteiger partial charge < -0.3 is 0 Å². The van der Waals surface area contributed by atoms with Crippen molar-refractivity contribution in [3.63, 3.8) is 0 Å². The molecule has 1 amide bonds. The highest BCUT2D eigenvalue weighted by molar-refractivity contribution is 5.80. The summed E-state index contributed by atoms with van der Waals surface area (Å²) in [5.41, 5.74) is 2.15. The van der Waals surface area contributed by atoms with Crippen molar-refractivity contribution in [3.8, 4) is 12.0 Å². The van der Waals surface area contributed by atoms with Crippen molar-refractivity contribution in [1.29, 1.82) is 0 Å². The van der Waals surface area contributed by atoms with Crippen LogP contribution in [0.3, 0.4) is 0 Å². The second-order valence-corrected chi connectivity index (χ2v) is 3.70. The molecular weight excluding hydrogens is 186 g/mol. The van der Waals surface area contributed by atoms with Gasteiger partial charge >= 0.3 is 0 Å². The SMILES string of the molecule is Cc1ccccc1C#CN1CCCC1=O. The molecule has 1 fully saturated rings. The number of hydrogen-bond acceptors (Lipinski definition) is 1. The molecule has 0 aromatic heterocycles. The zero-order chi connectivity index (χ0) is 10.7. The highest BCUT2D eigenvalue weighted by atomic mass is 16.2. The molecule has 0 atom stereocenters. The molecule has 76 valence electrons. The van der Waals surface area contributed by atoms with Crippen molar-refractivity contribution in [1.82, 2.24) is 4.90 Å². The molecule has 0 N–H and O–H groups in total. The lowest BCUT2D eigenvalue weighted by Gasteiger charge is -2.04. The first-order valence-corrected chi connectivity index (χ1v) is 5.15. The van der Waals surface area contributed by atoms with Gasteiger partial charge in [-0.25, -0.2) is 0 Å². The van der Waals surface area contributed by atoms with Crippen LogP contribution in [0.5, 0.6) is 0 Å². The van der Waals surface area contributed by atoms with E-state index < -0.39 is 0 Å². The quantitative estimate of drug-likeness (QED) is 0.585. The Bertz CT molecular complexity index is 439.